The number of hydrogen-bond acceptors (Lipinski definition) is 2. The zero-order valence-corrected chi connectivity index (χ0v) is 15.1. The molecule has 0 saturated carbocycles. The number of carbonyl (C=O) groups is 1. The topological polar surface area (TPSA) is 32.7 Å². The molecule has 128 valence electrons. The number of rotatable bonds is 4. The maximum absolute atomic E-state index is 12.3. The summed E-state index contributed by atoms with van der Waals surface area (Å²) in [5.41, 5.74) is 5.67. The van der Waals surface area contributed by atoms with Gasteiger partial charge in [-0.1, -0.05) is 72.7 Å². The second-order valence-corrected chi connectivity index (χ2v) is 6.56. The molecule has 0 fully saturated rings. The van der Waals surface area contributed by atoms with Crippen LogP contribution in [0.1, 0.15) is 48.1 Å². The Morgan fingerprint density at radius 3 is 2.24 bits per heavy atom. The minimum absolute atomic E-state index is 0.00859. The third-order valence-electron chi connectivity index (χ3n) is 4.50. The fourth-order valence-corrected chi connectivity index (χ4v) is 2.94. The minimum Gasteiger partial charge on any atom is -0.273 e. The molecule has 1 heterocycles. The second kappa shape index (κ2) is 7.47. The first-order valence-electron chi connectivity index (χ1n) is 8.77. The lowest BCUT2D eigenvalue weighted by atomic mass is 10.00. The summed E-state index contributed by atoms with van der Waals surface area (Å²) in [5.74, 6) is 0.0595. The molecular weight excluding hydrogens is 308 g/mol. The molecule has 0 aromatic heterocycles. The van der Waals surface area contributed by atoms with E-state index in [1.807, 2.05) is 13.0 Å². The van der Waals surface area contributed by atoms with Crippen molar-refractivity contribution in [2.45, 2.75) is 39.7 Å². The van der Waals surface area contributed by atoms with Crippen LogP contribution in [0.2, 0.25) is 0 Å². The molecule has 0 unspecified atom stereocenters. The van der Waals surface area contributed by atoms with Gasteiger partial charge in [-0.05, 0) is 31.1 Å². The number of hydrazone groups is 1. The Kier molecular flexibility index (Phi) is 5.13. The minimum atomic E-state index is -0.00859. The van der Waals surface area contributed by atoms with Crippen LogP contribution in [0.5, 0.6) is 0 Å². The number of hydrogen-bond donors (Lipinski definition) is 0. The molecule has 3 nitrogen and oxygen atoms in total. The maximum Gasteiger partial charge on any atom is 0.242 e. The van der Waals surface area contributed by atoms with Crippen molar-refractivity contribution in [3.63, 3.8) is 0 Å². The molecule has 3 rings (SSSR count). The van der Waals surface area contributed by atoms with Crippen LogP contribution in [0, 0.1) is 13.8 Å². The average molecular weight is 332 g/mol. The predicted octanol–water partition coefficient (Wildman–Crippen LogP) is 5.06. The predicted molar refractivity (Wildman–Crippen MR) is 103 cm³/mol. The number of allylic oxidation sites excluding steroid dienone is 1. The molecule has 2 aromatic rings. The van der Waals surface area contributed by atoms with Gasteiger partial charge in [0, 0.05) is 12.8 Å². The van der Waals surface area contributed by atoms with Gasteiger partial charge in [0.05, 0.1) is 11.8 Å². The molecular formula is C22H24N2O. The standard InChI is InChI=1S/C22H24N2O/c1-4-22(25)24-21(19-12-7-17(3)8-13-19)15-20(23-24)14-11-18-9-5-16(2)6-10-18/h5-14,21H,4,15H2,1-3H3/b14-11+/t21-/m0/s1. The van der Waals surface area contributed by atoms with Gasteiger partial charge in [-0.25, -0.2) is 5.01 Å². The molecule has 0 aliphatic carbocycles. The highest BCUT2D eigenvalue weighted by Gasteiger charge is 2.30. The highest BCUT2D eigenvalue weighted by Crippen LogP contribution is 2.32. The number of aryl methyl sites for hydroxylation is 2. The maximum atomic E-state index is 12.3. The van der Waals surface area contributed by atoms with E-state index in [-0.39, 0.29) is 11.9 Å². The summed E-state index contributed by atoms with van der Waals surface area (Å²) in [4.78, 5) is 12.3. The molecule has 0 saturated heterocycles. The molecule has 1 atom stereocenters. The Morgan fingerprint density at radius 2 is 1.64 bits per heavy atom. The van der Waals surface area contributed by atoms with Crippen LogP contribution in [-0.4, -0.2) is 16.6 Å². The Labute approximate surface area is 149 Å². The van der Waals surface area contributed by atoms with Crippen molar-refractivity contribution in [3.8, 4) is 0 Å². The van der Waals surface area contributed by atoms with Crippen LogP contribution < -0.4 is 0 Å². The Balaban J connectivity index is 1.82. The van der Waals surface area contributed by atoms with Crippen LogP contribution in [0.25, 0.3) is 6.08 Å². The summed E-state index contributed by atoms with van der Waals surface area (Å²) in [5, 5.41) is 6.24. The van der Waals surface area contributed by atoms with Gasteiger partial charge in [0.25, 0.3) is 0 Å². The summed E-state index contributed by atoms with van der Waals surface area (Å²) in [6, 6.07) is 16.7. The molecule has 0 N–H and O–H groups in total. The molecule has 25 heavy (non-hydrogen) atoms. The molecule has 0 bridgehead atoms. The van der Waals surface area contributed by atoms with Crippen molar-refractivity contribution < 1.29 is 4.79 Å². The van der Waals surface area contributed by atoms with E-state index >= 15 is 0 Å². The highest BCUT2D eigenvalue weighted by atomic mass is 16.2. The normalized spacial score (nSPS) is 17.2. The van der Waals surface area contributed by atoms with Crippen molar-refractivity contribution in [1.29, 1.82) is 0 Å². The van der Waals surface area contributed by atoms with E-state index in [4.69, 9.17) is 0 Å². The van der Waals surface area contributed by atoms with Crippen LogP contribution in [0.3, 0.4) is 0 Å². The van der Waals surface area contributed by atoms with Gasteiger partial charge in [-0.15, -0.1) is 0 Å². The smallest absolute Gasteiger partial charge is 0.242 e. The summed E-state index contributed by atoms with van der Waals surface area (Å²) in [6.45, 7) is 6.03. The van der Waals surface area contributed by atoms with Crippen molar-refractivity contribution >= 4 is 17.7 Å². The largest absolute Gasteiger partial charge is 0.273 e. The SMILES string of the molecule is CCC(=O)N1N=C(/C=C/c2ccc(C)cc2)C[C@H]1c1ccc(C)cc1. The lowest BCUT2D eigenvalue weighted by Crippen LogP contribution is -2.26. The van der Waals surface area contributed by atoms with Crippen LogP contribution >= 0.6 is 0 Å². The van der Waals surface area contributed by atoms with E-state index in [0.29, 0.717) is 6.42 Å². The van der Waals surface area contributed by atoms with Gasteiger partial charge >= 0.3 is 0 Å². The first-order valence-corrected chi connectivity index (χ1v) is 8.77. The van der Waals surface area contributed by atoms with Gasteiger partial charge in [0.15, 0.2) is 0 Å². The molecule has 2 aromatic carbocycles. The van der Waals surface area contributed by atoms with Crippen LogP contribution in [0.15, 0.2) is 59.7 Å². The van der Waals surface area contributed by atoms with E-state index < -0.39 is 0 Å². The molecule has 1 amide bonds. The quantitative estimate of drug-likeness (QED) is 0.770. The van der Waals surface area contributed by atoms with Gasteiger partial charge < -0.3 is 0 Å². The average Bonchev–Trinajstić information content (AvgIpc) is 3.05. The Morgan fingerprint density at radius 1 is 1.04 bits per heavy atom. The number of benzene rings is 2. The van der Waals surface area contributed by atoms with E-state index in [0.717, 1.165) is 23.3 Å². The van der Waals surface area contributed by atoms with Gasteiger partial charge in [-0.2, -0.15) is 5.10 Å². The number of carbonyl (C=O) groups excluding carboxylic acids is 1. The number of nitrogens with zero attached hydrogens (tertiary/aromatic N) is 2. The summed E-state index contributed by atoms with van der Waals surface area (Å²) in [6.07, 6.45) is 5.29. The monoisotopic (exact) mass is 332 g/mol. The van der Waals surface area contributed by atoms with Crippen molar-refractivity contribution in [1.82, 2.24) is 5.01 Å². The first kappa shape index (κ1) is 17.2. The Hall–Kier alpha value is -2.68. The molecule has 1 aliphatic rings. The Bertz CT molecular complexity index is 801. The van der Waals surface area contributed by atoms with Crippen LogP contribution in [0.4, 0.5) is 0 Å². The fraction of sp³-hybridized carbons (Fsp3) is 0.273. The zero-order valence-electron chi connectivity index (χ0n) is 15.1. The highest BCUT2D eigenvalue weighted by molar-refractivity contribution is 6.01. The fourth-order valence-electron chi connectivity index (χ4n) is 2.94. The van der Waals surface area contributed by atoms with Crippen molar-refractivity contribution in [2.24, 2.45) is 5.10 Å². The second-order valence-electron chi connectivity index (χ2n) is 6.56. The van der Waals surface area contributed by atoms with Crippen molar-refractivity contribution in [2.75, 3.05) is 0 Å². The van der Waals surface area contributed by atoms with E-state index in [1.165, 1.54) is 11.1 Å². The zero-order chi connectivity index (χ0) is 17.8. The van der Waals surface area contributed by atoms with E-state index in [2.05, 4.69) is 73.6 Å². The summed E-state index contributed by atoms with van der Waals surface area (Å²) < 4.78 is 0. The lowest BCUT2D eigenvalue weighted by molar-refractivity contribution is -0.132. The first-order chi connectivity index (χ1) is 12.1. The van der Waals surface area contributed by atoms with E-state index in [9.17, 15) is 4.79 Å². The van der Waals surface area contributed by atoms with Gasteiger partial charge in [0.2, 0.25) is 5.91 Å². The number of amides is 1. The lowest BCUT2D eigenvalue weighted by Gasteiger charge is -2.21. The van der Waals surface area contributed by atoms with E-state index in [1.54, 1.807) is 5.01 Å². The molecule has 1 aliphatic heterocycles. The van der Waals surface area contributed by atoms with Gasteiger partial charge in [0.1, 0.15) is 0 Å². The molecule has 3 heteroatoms. The molecule has 0 radical (unpaired) electrons. The molecule has 0 spiro atoms. The summed E-state index contributed by atoms with van der Waals surface area (Å²) in [7, 11) is 0. The van der Waals surface area contributed by atoms with Crippen molar-refractivity contribution in [3.05, 3.63) is 76.9 Å². The van der Waals surface area contributed by atoms with Crippen LogP contribution in [-0.2, 0) is 4.79 Å². The van der Waals surface area contributed by atoms with Gasteiger partial charge in [-0.3, -0.25) is 4.79 Å². The third kappa shape index (κ3) is 4.05. The third-order valence-corrected chi connectivity index (χ3v) is 4.50. The summed E-state index contributed by atoms with van der Waals surface area (Å²) >= 11 is 0.